The van der Waals surface area contributed by atoms with Crippen LogP contribution >= 0.6 is 0 Å². The summed E-state index contributed by atoms with van der Waals surface area (Å²) in [4.78, 5) is 14.1. The number of halogens is 1. The molecule has 1 fully saturated rings. The molecule has 1 aromatic carbocycles. The van der Waals surface area contributed by atoms with E-state index in [0.717, 1.165) is 12.8 Å². The summed E-state index contributed by atoms with van der Waals surface area (Å²) in [6, 6.07) is 4.13. The van der Waals surface area contributed by atoms with Crippen LogP contribution in [0.4, 0.5) is 4.39 Å². The molecular weight excluding hydrogens is 261 g/mol. The first-order chi connectivity index (χ1) is 9.52. The van der Waals surface area contributed by atoms with E-state index in [1.807, 2.05) is 0 Å². The van der Waals surface area contributed by atoms with E-state index in [0.29, 0.717) is 24.2 Å². The van der Waals surface area contributed by atoms with Crippen LogP contribution < -0.4 is 5.73 Å². The van der Waals surface area contributed by atoms with E-state index in [1.54, 1.807) is 11.8 Å². The lowest BCUT2D eigenvalue weighted by Crippen LogP contribution is -2.44. The largest absolute Gasteiger partial charge is 0.409 e. The van der Waals surface area contributed by atoms with Gasteiger partial charge in [0, 0.05) is 24.6 Å². The van der Waals surface area contributed by atoms with Gasteiger partial charge in [-0.25, -0.2) is 4.39 Å². The second-order valence-corrected chi connectivity index (χ2v) is 5.07. The van der Waals surface area contributed by atoms with Gasteiger partial charge in [-0.05, 0) is 43.5 Å². The van der Waals surface area contributed by atoms with Crippen molar-refractivity contribution in [1.82, 2.24) is 4.90 Å². The molecule has 20 heavy (non-hydrogen) atoms. The van der Waals surface area contributed by atoms with E-state index < -0.39 is 0 Å². The summed E-state index contributed by atoms with van der Waals surface area (Å²) in [6.07, 6.45) is 1.59. The number of likely N-dealkylation sites (tertiary alicyclic amines) is 1. The fraction of sp³-hybridized carbons (Fsp3) is 0.429. The third-order valence-electron chi connectivity index (χ3n) is 3.66. The fourth-order valence-corrected chi connectivity index (χ4v) is 2.52. The van der Waals surface area contributed by atoms with Gasteiger partial charge in [-0.3, -0.25) is 4.79 Å². The number of amidine groups is 1. The second-order valence-electron chi connectivity index (χ2n) is 5.07. The Kier molecular flexibility index (Phi) is 4.22. The number of hydrogen-bond donors (Lipinski definition) is 2. The molecule has 0 radical (unpaired) electrons. The highest BCUT2D eigenvalue weighted by Gasteiger charge is 2.27. The van der Waals surface area contributed by atoms with Crippen molar-refractivity contribution in [2.24, 2.45) is 16.8 Å². The molecule has 0 saturated carbocycles. The highest BCUT2D eigenvalue weighted by Crippen LogP contribution is 2.20. The van der Waals surface area contributed by atoms with Crippen LogP contribution in [0.3, 0.4) is 0 Å². The van der Waals surface area contributed by atoms with Crippen molar-refractivity contribution in [1.29, 1.82) is 0 Å². The van der Waals surface area contributed by atoms with Crippen molar-refractivity contribution in [3.63, 3.8) is 0 Å². The number of aryl methyl sites for hydroxylation is 1. The van der Waals surface area contributed by atoms with E-state index in [2.05, 4.69) is 5.16 Å². The van der Waals surface area contributed by atoms with E-state index in [1.165, 1.54) is 18.2 Å². The van der Waals surface area contributed by atoms with Crippen LogP contribution in [0.15, 0.2) is 23.4 Å². The smallest absolute Gasteiger partial charge is 0.254 e. The molecule has 0 aliphatic carbocycles. The number of carbonyl (C=O) groups is 1. The Bertz CT molecular complexity index is 545. The number of rotatable bonds is 2. The normalized spacial score (nSPS) is 20.0. The molecule has 5 nitrogen and oxygen atoms in total. The lowest BCUT2D eigenvalue weighted by Gasteiger charge is -2.32. The third kappa shape index (κ3) is 2.89. The summed E-state index contributed by atoms with van der Waals surface area (Å²) in [6.45, 7) is 2.76. The molecule has 2 rings (SSSR count). The fourth-order valence-electron chi connectivity index (χ4n) is 2.52. The van der Waals surface area contributed by atoms with Crippen molar-refractivity contribution in [3.05, 3.63) is 35.1 Å². The molecule has 1 aromatic rings. The van der Waals surface area contributed by atoms with E-state index >= 15 is 0 Å². The lowest BCUT2D eigenvalue weighted by atomic mass is 9.96. The standard InChI is InChI=1S/C14H18FN3O2/c1-9-7-11(15)4-5-12(9)14(19)18-6-2-3-10(8-18)13(16)17-20/h4-5,7,10,20H,2-3,6,8H2,1H3,(H2,16,17). The van der Waals surface area contributed by atoms with Gasteiger partial charge in [-0.2, -0.15) is 0 Å². The average Bonchev–Trinajstić information content (AvgIpc) is 2.46. The van der Waals surface area contributed by atoms with E-state index in [-0.39, 0.29) is 23.5 Å². The number of piperidine rings is 1. The summed E-state index contributed by atoms with van der Waals surface area (Å²) in [7, 11) is 0. The number of nitrogens with zero attached hydrogens (tertiary/aromatic N) is 2. The third-order valence-corrected chi connectivity index (χ3v) is 3.66. The van der Waals surface area contributed by atoms with Crippen LogP contribution in [0.2, 0.25) is 0 Å². The maximum atomic E-state index is 13.1. The molecule has 0 bridgehead atoms. The molecule has 1 aliphatic heterocycles. The Morgan fingerprint density at radius 1 is 1.55 bits per heavy atom. The second kappa shape index (κ2) is 5.90. The van der Waals surface area contributed by atoms with Gasteiger partial charge in [-0.1, -0.05) is 5.16 Å². The van der Waals surface area contributed by atoms with Gasteiger partial charge >= 0.3 is 0 Å². The van der Waals surface area contributed by atoms with Crippen LogP contribution in [-0.2, 0) is 0 Å². The molecule has 1 aliphatic rings. The highest BCUT2D eigenvalue weighted by atomic mass is 19.1. The average molecular weight is 279 g/mol. The summed E-state index contributed by atoms with van der Waals surface area (Å²) in [5.41, 5.74) is 6.72. The van der Waals surface area contributed by atoms with Crippen molar-refractivity contribution >= 4 is 11.7 Å². The minimum atomic E-state index is -0.354. The molecular formula is C14H18FN3O2. The van der Waals surface area contributed by atoms with Gasteiger partial charge in [0.25, 0.3) is 5.91 Å². The zero-order valence-electron chi connectivity index (χ0n) is 11.3. The molecule has 1 heterocycles. The molecule has 0 spiro atoms. The quantitative estimate of drug-likeness (QED) is 0.374. The maximum Gasteiger partial charge on any atom is 0.254 e. The van der Waals surface area contributed by atoms with Crippen molar-refractivity contribution in [3.8, 4) is 0 Å². The van der Waals surface area contributed by atoms with Gasteiger partial charge in [0.05, 0.1) is 0 Å². The number of benzene rings is 1. The minimum absolute atomic E-state index is 0.126. The number of amides is 1. The summed E-state index contributed by atoms with van der Waals surface area (Å²) < 4.78 is 13.1. The molecule has 0 aromatic heterocycles. The van der Waals surface area contributed by atoms with Gasteiger partial charge in [0.2, 0.25) is 0 Å². The number of oxime groups is 1. The monoisotopic (exact) mass is 279 g/mol. The first kappa shape index (κ1) is 14.3. The van der Waals surface area contributed by atoms with Crippen LogP contribution in [0, 0.1) is 18.7 Å². The van der Waals surface area contributed by atoms with Crippen molar-refractivity contribution < 1.29 is 14.4 Å². The Morgan fingerprint density at radius 2 is 2.30 bits per heavy atom. The van der Waals surface area contributed by atoms with Gasteiger partial charge in [0.1, 0.15) is 11.7 Å². The Morgan fingerprint density at radius 3 is 2.95 bits per heavy atom. The predicted octanol–water partition coefficient (Wildman–Crippen LogP) is 1.73. The molecule has 1 amide bonds. The SMILES string of the molecule is Cc1cc(F)ccc1C(=O)N1CCCC(/C(N)=N/O)C1. The summed E-state index contributed by atoms with van der Waals surface area (Å²) >= 11 is 0. The summed E-state index contributed by atoms with van der Waals surface area (Å²) in [5.74, 6) is -0.470. The maximum absolute atomic E-state index is 13.1. The molecule has 108 valence electrons. The van der Waals surface area contributed by atoms with Crippen LogP contribution in [0.1, 0.15) is 28.8 Å². The lowest BCUT2D eigenvalue weighted by molar-refractivity contribution is 0.0700. The zero-order valence-corrected chi connectivity index (χ0v) is 11.3. The van der Waals surface area contributed by atoms with Crippen LogP contribution in [-0.4, -0.2) is 34.9 Å². The number of nitrogens with two attached hydrogens (primary N) is 1. The molecule has 3 N–H and O–H groups in total. The highest BCUT2D eigenvalue weighted by molar-refractivity contribution is 5.96. The van der Waals surface area contributed by atoms with Gasteiger partial charge < -0.3 is 15.8 Å². The first-order valence-corrected chi connectivity index (χ1v) is 6.55. The Hall–Kier alpha value is -2.11. The Balaban J connectivity index is 2.16. The van der Waals surface area contributed by atoms with Gasteiger partial charge in [0.15, 0.2) is 0 Å². The molecule has 6 heteroatoms. The topological polar surface area (TPSA) is 78.9 Å². The Labute approximate surface area is 116 Å². The number of carbonyl (C=O) groups excluding carboxylic acids is 1. The van der Waals surface area contributed by atoms with Crippen molar-refractivity contribution in [2.45, 2.75) is 19.8 Å². The van der Waals surface area contributed by atoms with Crippen molar-refractivity contribution in [2.75, 3.05) is 13.1 Å². The van der Waals surface area contributed by atoms with Crippen LogP contribution in [0.25, 0.3) is 0 Å². The molecule has 1 saturated heterocycles. The predicted molar refractivity (Wildman–Crippen MR) is 73.2 cm³/mol. The number of hydrogen-bond acceptors (Lipinski definition) is 3. The zero-order chi connectivity index (χ0) is 14.7. The first-order valence-electron chi connectivity index (χ1n) is 6.55. The molecule has 1 unspecified atom stereocenters. The minimum Gasteiger partial charge on any atom is -0.409 e. The van der Waals surface area contributed by atoms with Crippen LogP contribution in [0.5, 0.6) is 0 Å². The van der Waals surface area contributed by atoms with E-state index in [4.69, 9.17) is 10.9 Å². The van der Waals surface area contributed by atoms with Gasteiger partial charge in [-0.15, -0.1) is 0 Å². The summed E-state index contributed by atoms with van der Waals surface area (Å²) in [5, 5.41) is 11.7. The molecule has 1 atom stereocenters. The van der Waals surface area contributed by atoms with E-state index in [9.17, 15) is 9.18 Å².